The van der Waals surface area contributed by atoms with Crippen molar-refractivity contribution in [1.82, 2.24) is 5.32 Å². The lowest BCUT2D eigenvalue weighted by molar-refractivity contribution is -0.148. The van der Waals surface area contributed by atoms with Gasteiger partial charge in [0.1, 0.15) is 5.54 Å². The molecule has 2 fully saturated rings. The quantitative estimate of drug-likeness (QED) is 0.865. The van der Waals surface area contributed by atoms with E-state index in [9.17, 15) is 4.79 Å². The van der Waals surface area contributed by atoms with Crippen molar-refractivity contribution in [2.45, 2.75) is 18.0 Å². The molecule has 2 heterocycles. The van der Waals surface area contributed by atoms with E-state index < -0.39 is 5.54 Å². The minimum absolute atomic E-state index is 0.106. The Bertz CT molecular complexity index is 727. The Morgan fingerprint density at radius 1 is 1.27 bits per heavy atom. The van der Waals surface area contributed by atoms with Gasteiger partial charge in [-0.3, -0.25) is 10.1 Å². The van der Waals surface area contributed by atoms with E-state index in [1.165, 1.54) is 23.4 Å². The molecule has 2 aromatic carbocycles. The lowest BCUT2D eigenvalue weighted by Crippen LogP contribution is -2.53. The molecule has 4 heteroatoms. The van der Waals surface area contributed by atoms with Crippen LogP contribution in [0.15, 0.2) is 42.5 Å². The fourth-order valence-corrected chi connectivity index (χ4v) is 5.51. The summed E-state index contributed by atoms with van der Waals surface area (Å²) in [6.07, 6.45) is 0.996. The molecule has 2 aliphatic rings. The Morgan fingerprint density at radius 2 is 2.09 bits per heavy atom. The summed E-state index contributed by atoms with van der Waals surface area (Å²) in [6.45, 7) is 0. The van der Waals surface area contributed by atoms with Crippen LogP contribution < -0.4 is 5.32 Å². The number of nitrogens with one attached hydrogen (secondary N) is 1. The maximum Gasteiger partial charge on any atom is 0.327 e. The van der Waals surface area contributed by atoms with Crippen LogP contribution in [-0.2, 0) is 9.53 Å². The van der Waals surface area contributed by atoms with E-state index in [0.717, 1.165) is 17.9 Å². The molecule has 0 amide bonds. The summed E-state index contributed by atoms with van der Waals surface area (Å²) in [5.41, 5.74) is 0.793. The standard InChI is InChI=1S/C18H19NO2S/c1-21-17(20)18-11-22-10-13(18)9-16(19-18)15-8-4-6-12-5-2-3-7-14(12)15/h2-8,13,16,19H,9-11H2,1H3/t13-,16-,18+/m1/s1. The lowest BCUT2D eigenvalue weighted by Gasteiger charge is -2.26. The van der Waals surface area contributed by atoms with Gasteiger partial charge >= 0.3 is 5.97 Å². The second kappa shape index (κ2) is 5.28. The molecule has 3 nitrogen and oxygen atoms in total. The van der Waals surface area contributed by atoms with Gasteiger partial charge < -0.3 is 4.74 Å². The molecule has 0 bridgehead atoms. The predicted molar refractivity (Wildman–Crippen MR) is 90.0 cm³/mol. The van der Waals surface area contributed by atoms with Crippen LogP contribution >= 0.6 is 11.8 Å². The number of thioether (sulfide) groups is 1. The minimum Gasteiger partial charge on any atom is -0.468 e. The van der Waals surface area contributed by atoms with Crippen LogP contribution in [0.3, 0.4) is 0 Å². The van der Waals surface area contributed by atoms with Gasteiger partial charge in [-0.25, -0.2) is 0 Å². The molecule has 114 valence electrons. The van der Waals surface area contributed by atoms with Crippen molar-refractivity contribution < 1.29 is 9.53 Å². The summed E-state index contributed by atoms with van der Waals surface area (Å²) in [4.78, 5) is 12.4. The van der Waals surface area contributed by atoms with Crippen molar-refractivity contribution in [2.24, 2.45) is 5.92 Å². The summed E-state index contributed by atoms with van der Waals surface area (Å²) < 4.78 is 5.10. The van der Waals surface area contributed by atoms with E-state index in [0.29, 0.717) is 5.92 Å². The number of methoxy groups -OCH3 is 1. The Kier molecular flexibility index (Phi) is 3.39. The minimum atomic E-state index is -0.499. The van der Waals surface area contributed by atoms with Crippen molar-refractivity contribution in [1.29, 1.82) is 0 Å². The van der Waals surface area contributed by atoms with E-state index in [2.05, 4.69) is 47.8 Å². The van der Waals surface area contributed by atoms with Gasteiger partial charge in [0, 0.05) is 11.8 Å². The summed E-state index contributed by atoms with van der Waals surface area (Å²) in [5, 5.41) is 6.15. The van der Waals surface area contributed by atoms with Crippen molar-refractivity contribution in [2.75, 3.05) is 18.6 Å². The molecule has 22 heavy (non-hydrogen) atoms. The van der Waals surface area contributed by atoms with Gasteiger partial charge in [-0.05, 0) is 34.4 Å². The van der Waals surface area contributed by atoms with Gasteiger partial charge in [0.15, 0.2) is 0 Å². The highest BCUT2D eigenvalue weighted by molar-refractivity contribution is 7.99. The average Bonchev–Trinajstić information content (AvgIpc) is 3.11. The molecule has 2 aliphatic heterocycles. The molecule has 4 rings (SSSR count). The lowest BCUT2D eigenvalue weighted by atomic mass is 9.88. The van der Waals surface area contributed by atoms with E-state index in [-0.39, 0.29) is 12.0 Å². The smallest absolute Gasteiger partial charge is 0.327 e. The van der Waals surface area contributed by atoms with Crippen LogP contribution in [-0.4, -0.2) is 30.1 Å². The molecule has 0 spiro atoms. The second-order valence-electron chi connectivity index (χ2n) is 6.18. The molecule has 2 aromatic rings. The van der Waals surface area contributed by atoms with Gasteiger partial charge in [-0.1, -0.05) is 42.5 Å². The van der Waals surface area contributed by atoms with Gasteiger partial charge in [0.25, 0.3) is 0 Å². The first kappa shape index (κ1) is 14.1. The van der Waals surface area contributed by atoms with Crippen LogP contribution in [0, 0.1) is 5.92 Å². The number of rotatable bonds is 2. The van der Waals surface area contributed by atoms with Gasteiger partial charge in [-0.2, -0.15) is 11.8 Å². The summed E-state index contributed by atoms with van der Waals surface area (Å²) >= 11 is 1.85. The summed E-state index contributed by atoms with van der Waals surface area (Å²) in [7, 11) is 1.49. The highest BCUT2D eigenvalue weighted by atomic mass is 32.2. The Balaban J connectivity index is 1.74. The fraction of sp³-hybridized carbons (Fsp3) is 0.389. The maximum atomic E-state index is 12.4. The zero-order valence-corrected chi connectivity index (χ0v) is 13.4. The zero-order chi connectivity index (χ0) is 15.2. The van der Waals surface area contributed by atoms with Crippen LogP contribution in [0.2, 0.25) is 0 Å². The molecule has 0 aromatic heterocycles. The monoisotopic (exact) mass is 313 g/mol. The van der Waals surface area contributed by atoms with E-state index in [4.69, 9.17) is 4.74 Å². The predicted octanol–water partition coefficient (Wildman–Crippen LogP) is 3.15. The number of hydrogen-bond acceptors (Lipinski definition) is 4. The summed E-state index contributed by atoms with van der Waals surface area (Å²) in [5.74, 6) is 2.09. The molecule has 0 radical (unpaired) electrons. The Morgan fingerprint density at radius 3 is 2.95 bits per heavy atom. The van der Waals surface area contributed by atoms with Crippen molar-refractivity contribution >= 4 is 28.5 Å². The number of carbonyl (C=O) groups excluding carboxylic acids is 1. The van der Waals surface area contributed by atoms with Crippen LogP contribution in [0.25, 0.3) is 10.8 Å². The third kappa shape index (κ3) is 1.97. The van der Waals surface area contributed by atoms with Crippen molar-refractivity contribution in [3.63, 3.8) is 0 Å². The topological polar surface area (TPSA) is 38.3 Å². The van der Waals surface area contributed by atoms with E-state index in [1.807, 2.05) is 11.8 Å². The molecular formula is C18H19NO2S. The molecule has 0 aliphatic carbocycles. The highest BCUT2D eigenvalue weighted by Gasteiger charge is 2.56. The van der Waals surface area contributed by atoms with Crippen LogP contribution in [0.1, 0.15) is 18.0 Å². The first-order valence-electron chi connectivity index (χ1n) is 7.66. The van der Waals surface area contributed by atoms with Crippen molar-refractivity contribution in [3.05, 3.63) is 48.0 Å². The number of fused-ring (bicyclic) bond motifs is 2. The fourth-order valence-electron chi connectivity index (χ4n) is 3.93. The summed E-state index contributed by atoms with van der Waals surface area (Å²) in [6, 6.07) is 15.1. The molecular weight excluding hydrogens is 294 g/mol. The van der Waals surface area contributed by atoms with Crippen LogP contribution in [0.5, 0.6) is 0 Å². The number of benzene rings is 2. The normalized spacial score (nSPS) is 30.4. The van der Waals surface area contributed by atoms with Crippen molar-refractivity contribution in [3.8, 4) is 0 Å². The second-order valence-corrected chi connectivity index (χ2v) is 7.21. The average molecular weight is 313 g/mol. The SMILES string of the molecule is COC(=O)[C@]12CSC[C@H]1C[C@H](c1cccc3ccccc13)N2. The Hall–Kier alpha value is -1.52. The van der Waals surface area contributed by atoms with E-state index >= 15 is 0 Å². The van der Waals surface area contributed by atoms with Gasteiger partial charge in [-0.15, -0.1) is 0 Å². The first-order chi connectivity index (χ1) is 10.7. The van der Waals surface area contributed by atoms with Crippen LogP contribution in [0.4, 0.5) is 0 Å². The largest absolute Gasteiger partial charge is 0.468 e. The maximum absolute atomic E-state index is 12.4. The molecule has 0 saturated carbocycles. The number of hydrogen-bond donors (Lipinski definition) is 1. The zero-order valence-electron chi connectivity index (χ0n) is 12.5. The first-order valence-corrected chi connectivity index (χ1v) is 8.81. The number of esters is 1. The number of ether oxygens (including phenoxy) is 1. The molecule has 2 saturated heterocycles. The Labute approximate surface area is 134 Å². The molecule has 0 unspecified atom stereocenters. The van der Waals surface area contributed by atoms with E-state index in [1.54, 1.807) is 0 Å². The van der Waals surface area contributed by atoms with Gasteiger partial charge in [0.05, 0.1) is 7.11 Å². The molecule has 3 atom stereocenters. The van der Waals surface area contributed by atoms with Gasteiger partial charge in [0.2, 0.25) is 0 Å². The third-order valence-corrected chi connectivity index (χ3v) is 6.34. The third-order valence-electron chi connectivity index (χ3n) is 5.05. The highest BCUT2D eigenvalue weighted by Crippen LogP contribution is 2.47. The number of carbonyl (C=O) groups is 1. The molecule has 1 N–H and O–H groups in total.